The number of fused-ring (bicyclic) bond motifs is 1. The predicted molar refractivity (Wildman–Crippen MR) is 85.6 cm³/mol. The lowest BCUT2D eigenvalue weighted by atomic mass is 9.76. The van der Waals surface area contributed by atoms with Gasteiger partial charge in [-0.2, -0.15) is 0 Å². The van der Waals surface area contributed by atoms with Crippen molar-refractivity contribution in [3.63, 3.8) is 0 Å². The van der Waals surface area contributed by atoms with Crippen LogP contribution in [0.2, 0.25) is 0 Å². The number of alkyl halides is 1. The van der Waals surface area contributed by atoms with Crippen molar-refractivity contribution >= 4 is 27.8 Å². The summed E-state index contributed by atoms with van der Waals surface area (Å²) in [7, 11) is 0. The van der Waals surface area contributed by atoms with Gasteiger partial charge in [0.05, 0.1) is 11.4 Å². The summed E-state index contributed by atoms with van der Waals surface area (Å²) in [6.07, 6.45) is 6.03. The third kappa shape index (κ3) is 3.99. The molecule has 0 spiro atoms. The van der Waals surface area contributed by atoms with Crippen molar-refractivity contribution in [2.24, 2.45) is 5.92 Å². The number of ether oxygens (including phenoxy) is 1. The van der Waals surface area contributed by atoms with Gasteiger partial charge in [0.25, 0.3) is 0 Å². The van der Waals surface area contributed by atoms with Gasteiger partial charge in [0, 0.05) is 6.04 Å². The first-order valence-corrected chi connectivity index (χ1v) is 9.05. The van der Waals surface area contributed by atoms with Gasteiger partial charge in [0.2, 0.25) is 0 Å². The molecule has 0 radical (unpaired) electrons. The van der Waals surface area contributed by atoms with Crippen LogP contribution in [-0.2, 0) is 9.53 Å². The number of likely N-dealkylation sites (tertiary alicyclic amines) is 1. The molecule has 21 heavy (non-hydrogen) atoms. The number of carbonyl (C=O) groups excluding carboxylic acids is 2. The van der Waals surface area contributed by atoms with E-state index in [2.05, 4.69) is 15.9 Å². The minimum absolute atomic E-state index is 0.0879. The number of carbonyl (C=O) groups is 2. The van der Waals surface area contributed by atoms with Crippen LogP contribution in [0.25, 0.3) is 0 Å². The molecule has 3 unspecified atom stereocenters. The molecule has 2 fully saturated rings. The topological polar surface area (TPSA) is 46.6 Å². The average molecular weight is 360 g/mol. The Labute approximate surface area is 135 Å². The Hall–Kier alpha value is -0.580. The number of Topliss-reactive ketones (excluding diaryl/α,β-unsaturated/α-hetero) is 1. The maximum Gasteiger partial charge on any atom is 0.411 e. The van der Waals surface area contributed by atoms with Crippen molar-refractivity contribution in [3.8, 4) is 0 Å². The highest BCUT2D eigenvalue weighted by Crippen LogP contribution is 2.39. The largest absolute Gasteiger partial charge is 0.444 e. The van der Waals surface area contributed by atoms with Crippen LogP contribution >= 0.6 is 15.9 Å². The lowest BCUT2D eigenvalue weighted by molar-refractivity contribution is -0.126. The summed E-state index contributed by atoms with van der Waals surface area (Å²) >= 11 is 3.25. The SMILES string of the molecule is CC(C)(C)OC(=O)N1C(C(=O)CBr)CCC2CCCCC21. The number of amides is 1. The summed E-state index contributed by atoms with van der Waals surface area (Å²) in [6.45, 7) is 5.61. The van der Waals surface area contributed by atoms with E-state index in [4.69, 9.17) is 4.74 Å². The van der Waals surface area contributed by atoms with Gasteiger partial charge < -0.3 is 4.74 Å². The van der Waals surface area contributed by atoms with E-state index in [1.165, 1.54) is 12.8 Å². The highest BCUT2D eigenvalue weighted by atomic mass is 79.9. The van der Waals surface area contributed by atoms with E-state index in [9.17, 15) is 9.59 Å². The molecule has 0 bridgehead atoms. The summed E-state index contributed by atoms with van der Waals surface area (Å²) in [5.74, 6) is 0.621. The molecule has 2 rings (SSSR count). The Morgan fingerprint density at radius 2 is 1.81 bits per heavy atom. The van der Waals surface area contributed by atoms with Crippen LogP contribution in [0, 0.1) is 5.92 Å². The third-order valence-corrected chi connectivity index (χ3v) is 5.03. The zero-order chi connectivity index (χ0) is 15.6. The zero-order valence-corrected chi connectivity index (χ0v) is 14.8. The molecular formula is C16H26BrNO3. The highest BCUT2D eigenvalue weighted by Gasteiger charge is 2.44. The number of hydrogen-bond donors (Lipinski definition) is 0. The van der Waals surface area contributed by atoms with Gasteiger partial charge in [-0.05, 0) is 52.4 Å². The first kappa shape index (κ1) is 16.8. The predicted octanol–water partition coefficient (Wildman–Crippen LogP) is 3.91. The second-order valence-electron chi connectivity index (χ2n) is 7.19. The fourth-order valence-corrected chi connectivity index (χ4v) is 3.99. The summed E-state index contributed by atoms with van der Waals surface area (Å²) in [6, 6.07) is -0.145. The highest BCUT2D eigenvalue weighted by molar-refractivity contribution is 9.09. The van der Waals surface area contributed by atoms with Crippen LogP contribution in [0.5, 0.6) is 0 Å². The van der Waals surface area contributed by atoms with Gasteiger partial charge in [-0.3, -0.25) is 9.69 Å². The van der Waals surface area contributed by atoms with Gasteiger partial charge in [0.15, 0.2) is 5.78 Å². The van der Waals surface area contributed by atoms with Gasteiger partial charge in [0.1, 0.15) is 5.60 Å². The fraction of sp³-hybridized carbons (Fsp3) is 0.875. The second-order valence-corrected chi connectivity index (χ2v) is 7.75. The number of piperidine rings is 1. The van der Waals surface area contributed by atoms with Crippen LogP contribution in [0.4, 0.5) is 4.79 Å². The van der Waals surface area contributed by atoms with Crippen LogP contribution in [0.1, 0.15) is 59.3 Å². The summed E-state index contributed by atoms with van der Waals surface area (Å²) in [5, 5.41) is 0.300. The number of halogens is 1. The van der Waals surface area contributed by atoms with Crippen LogP contribution in [-0.4, -0.2) is 39.8 Å². The molecule has 1 heterocycles. The molecular weight excluding hydrogens is 334 g/mol. The van der Waals surface area contributed by atoms with Gasteiger partial charge in [-0.15, -0.1) is 0 Å². The molecule has 1 saturated carbocycles. The Morgan fingerprint density at radius 1 is 1.14 bits per heavy atom. The molecule has 5 heteroatoms. The molecule has 1 aliphatic heterocycles. The summed E-state index contributed by atoms with van der Waals surface area (Å²) in [4.78, 5) is 26.6. The number of nitrogens with zero attached hydrogens (tertiary/aromatic N) is 1. The first-order valence-electron chi connectivity index (χ1n) is 7.93. The Morgan fingerprint density at radius 3 is 2.43 bits per heavy atom. The third-order valence-electron chi connectivity index (χ3n) is 4.48. The number of rotatable bonds is 2. The summed E-state index contributed by atoms with van der Waals surface area (Å²) < 4.78 is 5.57. The number of hydrogen-bond acceptors (Lipinski definition) is 3. The Bertz CT molecular complexity index is 405. The molecule has 0 aromatic rings. The molecule has 3 atom stereocenters. The standard InChI is InChI=1S/C16H26BrNO3/c1-16(2,3)21-15(20)18-12-7-5-4-6-11(12)8-9-13(18)14(19)10-17/h11-13H,4-10H2,1-3H3. The molecule has 1 amide bonds. The maximum atomic E-state index is 12.6. The van der Waals surface area contributed by atoms with Crippen molar-refractivity contribution in [1.29, 1.82) is 0 Å². The Balaban J connectivity index is 2.22. The molecule has 0 aromatic carbocycles. The Kier molecular flexibility index (Phi) is 5.33. The second kappa shape index (κ2) is 6.67. The normalized spacial score (nSPS) is 29.7. The van der Waals surface area contributed by atoms with Gasteiger partial charge in [-0.1, -0.05) is 28.8 Å². The van der Waals surface area contributed by atoms with Crippen LogP contribution < -0.4 is 0 Å². The molecule has 1 aliphatic carbocycles. The van der Waals surface area contributed by atoms with E-state index >= 15 is 0 Å². The van der Waals surface area contributed by atoms with Crippen molar-refractivity contribution in [1.82, 2.24) is 4.90 Å². The first-order chi connectivity index (χ1) is 9.83. The molecule has 1 saturated heterocycles. The van der Waals surface area contributed by atoms with Gasteiger partial charge in [-0.25, -0.2) is 4.79 Å². The average Bonchev–Trinajstić information content (AvgIpc) is 2.43. The van der Waals surface area contributed by atoms with Gasteiger partial charge >= 0.3 is 6.09 Å². The maximum absolute atomic E-state index is 12.6. The minimum Gasteiger partial charge on any atom is -0.444 e. The lowest BCUT2D eigenvalue weighted by Gasteiger charge is -2.47. The molecule has 0 aromatic heterocycles. The summed E-state index contributed by atoms with van der Waals surface area (Å²) in [5.41, 5.74) is -0.527. The van der Waals surface area contributed by atoms with Crippen molar-refractivity contribution in [3.05, 3.63) is 0 Å². The van der Waals surface area contributed by atoms with E-state index in [-0.39, 0.29) is 24.0 Å². The molecule has 4 nitrogen and oxygen atoms in total. The quantitative estimate of drug-likeness (QED) is 0.702. The molecule has 0 N–H and O–H groups in total. The zero-order valence-electron chi connectivity index (χ0n) is 13.2. The van der Waals surface area contributed by atoms with Crippen molar-refractivity contribution in [2.75, 3.05) is 5.33 Å². The fourth-order valence-electron chi connectivity index (χ4n) is 3.62. The van der Waals surface area contributed by atoms with E-state index in [0.717, 1.165) is 25.7 Å². The minimum atomic E-state index is -0.527. The number of ketones is 1. The smallest absolute Gasteiger partial charge is 0.411 e. The van der Waals surface area contributed by atoms with E-state index < -0.39 is 5.60 Å². The van der Waals surface area contributed by atoms with E-state index in [0.29, 0.717) is 11.2 Å². The van der Waals surface area contributed by atoms with E-state index in [1.807, 2.05) is 20.8 Å². The van der Waals surface area contributed by atoms with Crippen LogP contribution in [0.3, 0.4) is 0 Å². The monoisotopic (exact) mass is 359 g/mol. The van der Waals surface area contributed by atoms with Crippen molar-refractivity contribution in [2.45, 2.75) is 77.0 Å². The van der Waals surface area contributed by atoms with Crippen LogP contribution in [0.15, 0.2) is 0 Å². The molecule has 2 aliphatic rings. The van der Waals surface area contributed by atoms with Crippen molar-refractivity contribution < 1.29 is 14.3 Å². The molecule has 120 valence electrons. The van der Waals surface area contributed by atoms with E-state index in [1.54, 1.807) is 4.90 Å². The lowest BCUT2D eigenvalue weighted by Crippen LogP contribution is -2.58.